The van der Waals surface area contributed by atoms with Crippen molar-refractivity contribution in [1.82, 2.24) is 0 Å². The highest BCUT2D eigenvalue weighted by atomic mass is 28.4. The van der Waals surface area contributed by atoms with Gasteiger partial charge in [-0.25, -0.2) is 0 Å². The average molecular weight is 256 g/mol. The van der Waals surface area contributed by atoms with Crippen molar-refractivity contribution in [3.63, 3.8) is 0 Å². The van der Waals surface area contributed by atoms with Crippen LogP contribution in [0.25, 0.3) is 0 Å². The van der Waals surface area contributed by atoms with Gasteiger partial charge in [0.1, 0.15) is 0 Å². The second kappa shape index (κ2) is 6.71. The van der Waals surface area contributed by atoms with Crippen LogP contribution in [-0.2, 0) is 22.1 Å². The van der Waals surface area contributed by atoms with Crippen molar-refractivity contribution in [3.05, 3.63) is 0 Å². The van der Waals surface area contributed by atoms with E-state index in [0.29, 0.717) is 5.67 Å². The van der Waals surface area contributed by atoms with Crippen LogP contribution in [0.15, 0.2) is 0 Å². The number of rotatable bonds is 8. The Labute approximate surface area is 92.7 Å². The molecule has 0 saturated carbocycles. The van der Waals surface area contributed by atoms with E-state index >= 15 is 0 Å². The van der Waals surface area contributed by atoms with Crippen molar-refractivity contribution in [2.75, 3.05) is 41.8 Å². The van der Waals surface area contributed by atoms with E-state index in [1.54, 1.807) is 0 Å². The standard InChI is InChI=1S/C7H20O6Si2/c1-9-14(6-8,10-2)7-15(11-3,12-4)13-5/h8H,6-7H2,1-5H3. The van der Waals surface area contributed by atoms with Crippen LogP contribution in [0.4, 0.5) is 0 Å². The van der Waals surface area contributed by atoms with Crippen LogP contribution in [0.1, 0.15) is 0 Å². The van der Waals surface area contributed by atoms with E-state index in [4.69, 9.17) is 22.1 Å². The molecule has 0 aliphatic carbocycles. The maximum Gasteiger partial charge on any atom is 0.502 e. The van der Waals surface area contributed by atoms with Crippen LogP contribution in [0.3, 0.4) is 0 Å². The van der Waals surface area contributed by atoms with E-state index in [1.807, 2.05) is 0 Å². The molecular formula is C7H20O6Si2. The van der Waals surface area contributed by atoms with Gasteiger partial charge in [-0.3, -0.25) is 0 Å². The fourth-order valence-corrected chi connectivity index (χ4v) is 8.11. The SMILES string of the molecule is CO[Si](CO)(C[Si](OC)(OC)OC)OC. The Hall–Kier alpha value is 0.194. The summed E-state index contributed by atoms with van der Waals surface area (Å²) in [6.07, 6.45) is -0.162. The van der Waals surface area contributed by atoms with Crippen LogP contribution < -0.4 is 0 Å². The zero-order chi connectivity index (χ0) is 11.9. The lowest BCUT2D eigenvalue weighted by Gasteiger charge is -2.32. The van der Waals surface area contributed by atoms with Crippen molar-refractivity contribution < 1.29 is 27.2 Å². The minimum Gasteiger partial charge on any atom is -0.396 e. The van der Waals surface area contributed by atoms with E-state index < -0.39 is 17.4 Å². The Morgan fingerprint density at radius 3 is 1.40 bits per heavy atom. The van der Waals surface area contributed by atoms with Crippen LogP contribution >= 0.6 is 0 Å². The van der Waals surface area contributed by atoms with Crippen molar-refractivity contribution in [2.24, 2.45) is 0 Å². The summed E-state index contributed by atoms with van der Waals surface area (Å²) in [7, 11) is 2.12. The van der Waals surface area contributed by atoms with E-state index in [9.17, 15) is 5.11 Å². The largest absolute Gasteiger partial charge is 0.502 e. The molecule has 0 amide bonds. The molecule has 1 N–H and O–H groups in total. The van der Waals surface area contributed by atoms with Gasteiger partial charge in [0, 0.05) is 35.5 Å². The molecule has 8 heteroatoms. The second-order valence-electron chi connectivity index (χ2n) is 2.95. The molecule has 0 radical (unpaired) electrons. The predicted octanol–water partition coefficient (Wildman–Crippen LogP) is -0.330. The lowest BCUT2D eigenvalue weighted by Crippen LogP contribution is -2.56. The maximum atomic E-state index is 9.29. The molecule has 0 saturated heterocycles. The Morgan fingerprint density at radius 2 is 1.20 bits per heavy atom. The van der Waals surface area contributed by atoms with Gasteiger partial charge in [-0.1, -0.05) is 0 Å². The second-order valence-corrected chi connectivity index (χ2v) is 9.91. The minimum atomic E-state index is -2.76. The molecule has 0 fully saturated rings. The summed E-state index contributed by atoms with van der Waals surface area (Å²) in [5.41, 5.74) is 0.354. The lowest BCUT2D eigenvalue weighted by molar-refractivity contribution is 0.119. The topological polar surface area (TPSA) is 66.4 Å². The van der Waals surface area contributed by atoms with Gasteiger partial charge in [-0.05, 0) is 0 Å². The van der Waals surface area contributed by atoms with E-state index in [1.165, 1.54) is 35.5 Å². The van der Waals surface area contributed by atoms with Crippen LogP contribution in [0.2, 0.25) is 5.67 Å². The molecule has 0 aliphatic heterocycles. The zero-order valence-electron chi connectivity index (χ0n) is 9.90. The minimum absolute atomic E-state index is 0.162. The quantitative estimate of drug-likeness (QED) is 0.600. The number of hydrogen-bond donors (Lipinski definition) is 1. The van der Waals surface area contributed by atoms with Crippen molar-refractivity contribution in [1.29, 1.82) is 0 Å². The molecule has 0 rings (SSSR count). The first kappa shape index (κ1) is 15.2. The van der Waals surface area contributed by atoms with Gasteiger partial charge in [0.15, 0.2) is 0 Å². The molecule has 0 aromatic rings. The summed E-state index contributed by atoms with van der Waals surface area (Å²) in [6.45, 7) is 0. The lowest BCUT2D eigenvalue weighted by atomic mass is 11.7. The molecule has 0 heterocycles. The van der Waals surface area contributed by atoms with Gasteiger partial charge in [0.2, 0.25) is 0 Å². The first-order valence-corrected chi connectivity index (χ1v) is 8.60. The first-order valence-electron chi connectivity index (χ1n) is 4.44. The molecule has 0 unspecified atom stereocenters. The fraction of sp³-hybridized carbons (Fsp3) is 1.00. The molecule has 0 aromatic carbocycles. The molecule has 6 nitrogen and oxygen atoms in total. The molecule has 15 heavy (non-hydrogen) atoms. The summed E-state index contributed by atoms with van der Waals surface area (Å²) in [4.78, 5) is 0. The molecule has 0 aliphatic rings. The van der Waals surface area contributed by atoms with E-state index in [0.717, 1.165) is 0 Å². The molecule has 92 valence electrons. The van der Waals surface area contributed by atoms with E-state index in [2.05, 4.69) is 0 Å². The van der Waals surface area contributed by atoms with Gasteiger partial charge in [0.05, 0.1) is 11.9 Å². The van der Waals surface area contributed by atoms with Gasteiger partial charge >= 0.3 is 17.4 Å². The van der Waals surface area contributed by atoms with Crippen molar-refractivity contribution >= 4 is 17.4 Å². The van der Waals surface area contributed by atoms with Crippen molar-refractivity contribution in [2.45, 2.75) is 5.67 Å². The summed E-state index contributed by atoms with van der Waals surface area (Å²) < 4.78 is 26.3. The van der Waals surface area contributed by atoms with Crippen LogP contribution in [0.5, 0.6) is 0 Å². The average Bonchev–Trinajstić information content (AvgIpc) is 2.33. The van der Waals surface area contributed by atoms with Gasteiger partial charge < -0.3 is 27.2 Å². The van der Waals surface area contributed by atoms with Crippen LogP contribution in [0, 0.1) is 0 Å². The number of aliphatic hydroxyl groups is 1. The highest BCUT2D eigenvalue weighted by Gasteiger charge is 2.51. The molecular weight excluding hydrogens is 236 g/mol. The highest BCUT2D eigenvalue weighted by molar-refractivity contribution is 6.83. The summed E-state index contributed by atoms with van der Waals surface area (Å²) in [5.74, 6) is 0. The first-order chi connectivity index (χ1) is 7.07. The van der Waals surface area contributed by atoms with Gasteiger partial charge in [-0.2, -0.15) is 0 Å². The number of aliphatic hydroxyl groups excluding tert-OH is 1. The Morgan fingerprint density at radius 1 is 0.800 bits per heavy atom. The van der Waals surface area contributed by atoms with Gasteiger partial charge in [-0.15, -0.1) is 0 Å². The molecule has 0 spiro atoms. The van der Waals surface area contributed by atoms with Gasteiger partial charge in [0.25, 0.3) is 0 Å². The monoisotopic (exact) mass is 256 g/mol. The van der Waals surface area contributed by atoms with Crippen molar-refractivity contribution in [3.8, 4) is 0 Å². The summed E-state index contributed by atoms with van der Waals surface area (Å²) >= 11 is 0. The van der Waals surface area contributed by atoms with E-state index in [-0.39, 0.29) is 6.23 Å². The maximum absolute atomic E-state index is 9.29. The molecule has 0 atom stereocenters. The molecule has 0 bridgehead atoms. The zero-order valence-corrected chi connectivity index (χ0v) is 11.9. The fourth-order valence-electron chi connectivity index (χ4n) is 1.21. The third kappa shape index (κ3) is 3.61. The predicted molar refractivity (Wildman–Crippen MR) is 58.4 cm³/mol. The van der Waals surface area contributed by atoms with Crippen LogP contribution in [-0.4, -0.2) is 64.3 Å². The Balaban J connectivity index is 4.74. The highest BCUT2D eigenvalue weighted by Crippen LogP contribution is 2.22. The Bertz CT molecular complexity index is 136. The summed E-state index contributed by atoms with van der Waals surface area (Å²) in [5, 5.41) is 9.29. The third-order valence-electron chi connectivity index (χ3n) is 2.40. The normalized spacial score (nSPS) is 13.2. The smallest absolute Gasteiger partial charge is 0.396 e. The third-order valence-corrected chi connectivity index (χ3v) is 10.1. The Kier molecular flexibility index (Phi) is 6.79. The summed E-state index contributed by atoms with van der Waals surface area (Å²) in [6, 6.07) is 0. The molecule has 0 aromatic heterocycles. The number of hydrogen-bond acceptors (Lipinski definition) is 6.